The summed E-state index contributed by atoms with van der Waals surface area (Å²) in [5.74, 6) is 0.0124. The van der Waals surface area contributed by atoms with Crippen molar-refractivity contribution in [1.29, 1.82) is 0 Å². The Hall–Kier alpha value is -1.35. The molecule has 0 heterocycles. The number of rotatable bonds is 4. The molecule has 100 valence electrons. The number of nitrogens with zero attached hydrogens (tertiary/aromatic N) is 1. The Morgan fingerprint density at radius 1 is 1.28 bits per heavy atom. The van der Waals surface area contributed by atoms with Gasteiger partial charge in [0.15, 0.2) is 0 Å². The monoisotopic (exact) mass is 248 g/mol. The number of amides is 1. The minimum absolute atomic E-state index is 0.0124. The first-order valence-electron chi connectivity index (χ1n) is 6.37. The summed E-state index contributed by atoms with van der Waals surface area (Å²) in [5, 5.41) is 0. The summed E-state index contributed by atoms with van der Waals surface area (Å²) >= 11 is 0. The molecular formula is C15H24N2O. The Morgan fingerprint density at radius 2 is 1.83 bits per heavy atom. The van der Waals surface area contributed by atoms with Gasteiger partial charge in [0.1, 0.15) is 0 Å². The summed E-state index contributed by atoms with van der Waals surface area (Å²) in [6.07, 6.45) is 0.861. The van der Waals surface area contributed by atoms with E-state index >= 15 is 0 Å². The van der Waals surface area contributed by atoms with Gasteiger partial charge >= 0.3 is 0 Å². The van der Waals surface area contributed by atoms with Crippen molar-refractivity contribution in [3.63, 3.8) is 0 Å². The highest BCUT2D eigenvalue weighted by Gasteiger charge is 2.29. The van der Waals surface area contributed by atoms with Gasteiger partial charge in [-0.3, -0.25) is 4.79 Å². The van der Waals surface area contributed by atoms with Gasteiger partial charge in [0.05, 0.1) is 6.04 Å². The molecule has 0 saturated heterocycles. The number of benzene rings is 1. The molecule has 1 aromatic carbocycles. The molecule has 1 atom stereocenters. The van der Waals surface area contributed by atoms with Crippen LogP contribution in [0.15, 0.2) is 30.3 Å². The first-order valence-corrected chi connectivity index (χ1v) is 6.37. The van der Waals surface area contributed by atoms with Crippen LogP contribution < -0.4 is 5.73 Å². The molecule has 2 N–H and O–H groups in total. The Bertz CT molecular complexity index is 381. The molecule has 0 aliphatic heterocycles. The highest BCUT2D eigenvalue weighted by molar-refractivity contribution is 5.82. The molecule has 0 aliphatic rings. The summed E-state index contributed by atoms with van der Waals surface area (Å²) in [6.45, 7) is 6.66. The maximum Gasteiger partial charge on any atom is 0.239 e. The highest BCUT2D eigenvalue weighted by atomic mass is 16.2. The molecule has 1 rings (SSSR count). The van der Waals surface area contributed by atoms with Gasteiger partial charge in [-0.2, -0.15) is 0 Å². The van der Waals surface area contributed by atoms with Gasteiger partial charge in [0.2, 0.25) is 5.91 Å². The Labute approximate surface area is 110 Å². The SMILES string of the molecule is CN(CCc1ccccc1)C(=O)C(N)C(C)(C)C. The quantitative estimate of drug-likeness (QED) is 0.886. The van der Waals surface area contributed by atoms with E-state index in [2.05, 4.69) is 12.1 Å². The molecule has 3 nitrogen and oxygen atoms in total. The third-order valence-electron chi connectivity index (χ3n) is 3.15. The van der Waals surface area contributed by atoms with E-state index in [-0.39, 0.29) is 11.3 Å². The summed E-state index contributed by atoms with van der Waals surface area (Å²) < 4.78 is 0. The van der Waals surface area contributed by atoms with Crippen LogP contribution in [0, 0.1) is 5.41 Å². The van der Waals surface area contributed by atoms with E-state index in [0.717, 1.165) is 6.42 Å². The lowest BCUT2D eigenvalue weighted by Crippen LogP contribution is -2.49. The third kappa shape index (κ3) is 4.15. The second-order valence-corrected chi connectivity index (χ2v) is 5.84. The molecule has 3 heteroatoms. The fourth-order valence-electron chi connectivity index (χ4n) is 1.66. The van der Waals surface area contributed by atoms with Crippen molar-refractivity contribution in [2.75, 3.05) is 13.6 Å². The smallest absolute Gasteiger partial charge is 0.239 e. The largest absolute Gasteiger partial charge is 0.344 e. The zero-order valence-electron chi connectivity index (χ0n) is 11.8. The second-order valence-electron chi connectivity index (χ2n) is 5.84. The van der Waals surface area contributed by atoms with Crippen LogP contribution in [0.25, 0.3) is 0 Å². The first-order chi connectivity index (χ1) is 8.32. The minimum atomic E-state index is -0.446. The van der Waals surface area contributed by atoms with Gasteiger partial charge in [-0.25, -0.2) is 0 Å². The molecule has 1 amide bonds. The fraction of sp³-hybridized carbons (Fsp3) is 0.533. The van der Waals surface area contributed by atoms with Crippen LogP contribution in [0.2, 0.25) is 0 Å². The van der Waals surface area contributed by atoms with Crippen LogP contribution in [0.1, 0.15) is 26.3 Å². The zero-order valence-corrected chi connectivity index (χ0v) is 11.8. The number of hydrogen-bond donors (Lipinski definition) is 1. The lowest BCUT2D eigenvalue weighted by atomic mass is 9.86. The van der Waals surface area contributed by atoms with E-state index in [9.17, 15) is 4.79 Å². The normalized spacial score (nSPS) is 13.2. The van der Waals surface area contributed by atoms with Crippen molar-refractivity contribution in [3.05, 3.63) is 35.9 Å². The lowest BCUT2D eigenvalue weighted by Gasteiger charge is -2.30. The van der Waals surface area contributed by atoms with E-state index in [0.29, 0.717) is 6.54 Å². The van der Waals surface area contributed by atoms with Crippen LogP contribution in [-0.2, 0) is 11.2 Å². The fourth-order valence-corrected chi connectivity index (χ4v) is 1.66. The summed E-state index contributed by atoms with van der Waals surface area (Å²) in [4.78, 5) is 13.8. The third-order valence-corrected chi connectivity index (χ3v) is 3.15. The zero-order chi connectivity index (χ0) is 13.8. The van der Waals surface area contributed by atoms with Gasteiger partial charge < -0.3 is 10.6 Å². The number of nitrogens with two attached hydrogens (primary N) is 1. The molecule has 18 heavy (non-hydrogen) atoms. The van der Waals surface area contributed by atoms with Gasteiger partial charge in [-0.1, -0.05) is 51.1 Å². The van der Waals surface area contributed by atoms with Gasteiger partial charge in [-0.05, 0) is 17.4 Å². The predicted octanol–water partition coefficient (Wildman–Crippen LogP) is 2.06. The molecule has 1 aromatic rings. The Morgan fingerprint density at radius 3 is 2.33 bits per heavy atom. The van der Waals surface area contributed by atoms with Crippen molar-refractivity contribution >= 4 is 5.91 Å². The average Bonchev–Trinajstić information content (AvgIpc) is 2.34. The highest BCUT2D eigenvalue weighted by Crippen LogP contribution is 2.18. The van der Waals surface area contributed by atoms with Crippen molar-refractivity contribution in [1.82, 2.24) is 4.90 Å². The maximum absolute atomic E-state index is 12.1. The molecule has 0 radical (unpaired) electrons. The predicted molar refractivity (Wildman–Crippen MR) is 75.2 cm³/mol. The maximum atomic E-state index is 12.1. The Balaban J connectivity index is 2.51. The number of hydrogen-bond acceptors (Lipinski definition) is 2. The second kappa shape index (κ2) is 6.01. The van der Waals surface area contributed by atoms with Gasteiger partial charge in [0.25, 0.3) is 0 Å². The molecule has 0 fully saturated rings. The molecule has 0 bridgehead atoms. The summed E-state index contributed by atoms with van der Waals surface area (Å²) in [7, 11) is 1.82. The standard InChI is InChI=1S/C15H24N2O/c1-15(2,3)13(16)14(18)17(4)11-10-12-8-6-5-7-9-12/h5-9,13H,10-11,16H2,1-4H3. The molecule has 0 aliphatic carbocycles. The topological polar surface area (TPSA) is 46.3 Å². The Kier molecular flexibility index (Phi) is 4.91. The van der Waals surface area contributed by atoms with E-state index in [1.54, 1.807) is 4.90 Å². The first kappa shape index (κ1) is 14.7. The van der Waals surface area contributed by atoms with Crippen molar-refractivity contribution in [3.8, 4) is 0 Å². The molecule has 1 unspecified atom stereocenters. The van der Waals surface area contributed by atoms with Crippen molar-refractivity contribution in [2.45, 2.75) is 33.2 Å². The summed E-state index contributed by atoms with van der Waals surface area (Å²) in [5.41, 5.74) is 7.01. The van der Waals surface area contributed by atoms with Crippen LogP contribution in [0.3, 0.4) is 0 Å². The van der Waals surface area contributed by atoms with Crippen LogP contribution >= 0.6 is 0 Å². The lowest BCUT2D eigenvalue weighted by molar-refractivity contribution is -0.133. The number of carbonyl (C=O) groups is 1. The van der Waals surface area contributed by atoms with E-state index in [4.69, 9.17) is 5.73 Å². The van der Waals surface area contributed by atoms with Crippen LogP contribution in [-0.4, -0.2) is 30.4 Å². The average molecular weight is 248 g/mol. The molecular weight excluding hydrogens is 224 g/mol. The van der Waals surface area contributed by atoms with Crippen LogP contribution in [0.5, 0.6) is 0 Å². The van der Waals surface area contributed by atoms with Crippen LogP contribution in [0.4, 0.5) is 0 Å². The van der Waals surface area contributed by atoms with E-state index < -0.39 is 6.04 Å². The number of carbonyl (C=O) groups excluding carboxylic acids is 1. The minimum Gasteiger partial charge on any atom is -0.344 e. The van der Waals surface area contributed by atoms with E-state index in [1.165, 1.54) is 5.56 Å². The number of likely N-dealkylation sites (N-methyl/N-ethyl adjacent to an activating group) is 1. The van der Waals surface area contributed by atoms with Crippen molar-refractivity contribution < 1.29 is 4.79 Å². The van der Waals surface area contributed by atoms with Crippen molar-refractivity contribution in [2.24, 2.45) is 11.1 Å². The molecule has 0 aromatic heterocycles. The van der Waals surface area contributed by atoms with E-state index in [1.807, 2.05) is 46.0 Å². The van der Waals surface area contributed by atoms with Gasteiger partial charge in [-0.15, -0.1) is 0 Å². The summed E-state index contributed by atoms with van der Waals surface area (Å²) in [6, 6.07) is 9.71. The molecule has 0 saturated carbocycles. The molecule has 0 spiro atoms. The van der Waals surface area contributed by atoms with Gasteiger partial charge in [0, 0.05) is 13.6 Å².